The SMILES string of the molecule is Cc1cc(S(=O)(=O)NCCCOCCO)cc(N)c1Cl. The van der Waals surface area contributed by atoms with Crippen molar-refractivity contribution in [2.75, 3.05) is 32.1 Å². The molecule has 0 saturated carbocycles. The number of hydrogen-bond donors (Lipinski definition) is 3. The topological polar surface area (TPSA) is 102 Å². The van der Waals surface area contributed by atoms with Crippen LogP contribution in [0.2, 0.25) is 5.02 Å². The Hall–Kier alpha value is -0.860. The number of aliphatic hydroxyl groups is 1. The Morgan fingerprint density at radius 2 is 2.10 bits per heavy atom. The Balaban J connectivity index is 2.61. The molecule has 1 aromatic rings. The fraction of sp³-hybridized carbons (Fsp3) is 0.500. The summed E-state index contributed by atoms with van der Waals surface area (Å²) in [7, 11) is -3.61. The molecule has 1 aromatic carbocycles. The highest BCUT2D eigenvalue weighted by Crippen LogP contribution is 2.26. The lowest BCUT2D eigenvalue weighted by Crippen LogP contribution is -2.26. The van der Waals surface area contributed by atoms with E-state index in [-0.39, 0.29) is 30.3 Å². The Morgan fingerprint density at radius 1 is 1.40 bits per heavy atom. The van der Waals surface area contributed by atoms with Crippen molar-refractivity contribution in [2.45, 2.75) is 18.2 Å². The smallest absolute Gasteiger partial charge is 0.240 e. The van der Waals surface area contributed by atoms with E-state index in [0.29, 0.717) is 23.6 Å². The average Bonchev–Trinajstić information content (AvgIpc) is 2.39. The molecule has 0 aliphatic carbocycles. The zero-order chi connectivity index (χ0) is 15.2. The number of rotatable bonds is 8. The summed E-state index contributed by atoms with van der Waals surface area (Å²) in [6.45, 7) is 2.52. The molecule has 0 atom stereocenters. The first-order valence-corrected chi connectivity index (χ1v) is 7.98. The number of aliphatic hydroxyl groups excluding tert-OH is 1. The van der Waals surface area contributed by atoms with Gasteiger partial charge in [0, 0.05) is 13.2 Å². The van der Waals surface area contributed by atoms with Crippen LogP contribution in [-0.4, -0.2) is 39.9 Å². The third kappa shape index (κ3) is 4.92. The van der Waals surface area contributed by atoms with Crippen LogP contribution in [0.3, 0.4) is 0 Å². The van der Waals surface area contributed by atoms with E-state index in [4.69, 9.17) is 27.2 Å². The molecule has 0 unspecified atom stereocenters. The van der Waals surface area contributed by atoms with Crippen LogP contribution in [0.5, 0.6) is 0 Å². The lowest BCUT2D eigenvalue weighted by Gasteiger charge is -2.10. The van der Waals surface area contributed by atoms with E-state index in [0.717, 1.165) is 0 Å². The highest BCUT2D eigenvalue weighted by atomic mass is 35.5. The number of nitrogen functional groups attached to an aromatic ring is 1. The normalized spacial score (nSPS) is 11.8. The van der Waals surface area contributed by atoms with Gasteiger partial charge in [-0.3, -0.25) is 0 Å². The molecule has 20 heavy (non-hydrogen) atoms. The second kappa shape index (κ2) is 7.80. The number of anilines is 1. The predicted molar refractivity (Wildman–Crippen MR) is 78.3 cm³/mol. The third-order valence-electron chi connectivity index (χ3n) is 2.56. The van der Waals surface area contributed by atoms with Crippen molar-refractivity contribution in [3.05, 3.63) is 22.7 Å². The fourth-order valence-electron chi connectivity index (χ4n) is 1.55. The maximum Gasteiger partial charge on any atom is 0.240 e. The van der Waals surface area contributed by atoms with Gasteiger partial charge in [0.1, 0.15) is 0 Å². The van der Waals surface area contributed by atoms with Gasteiger partial charge in [0.2, 0.25) is 10.0 Å². The van der Waals surface area contributed by atoms with Crippen LogP contribution in [-0.2, 0) is 14.8 Å². The number of benzene rings is 1. The molecule has 0 aliphatic heterocycles. The molecular weight excluding hydrogens is 304 g/mol. The molecule has 0 bridgehead atoms. The van der Waals surface area contributed by atoms with Crippen LogP contribution in [0.15, 0.2) is 17.0 Å². The van der Waals surface area contributed by atoms with Crippen LogP contribution in [0.25, 0.3) is 0 Å². The van der Waals surface area contributed by atoms with E-state index in [1.165, 1.54) is 12.1 Å². The van der Waals surface area contributed by atoms with Gasteiger partial charge in [-0.2, -0.15) is 0 Å². The van der Waals surface area contributed by atoms with E-state index in [2.05, 4.69) is 4.72 Å². The van der Waals surface area contributed by atoms with Gasteiger partial charge in [-0.15, -0.1) is 0 Å². The Bertz CT molecular complexity index is 525. The minimum atomic E-state index is -3.61. The molecule has 0 amide bonds. The molecule has 0 aliphatic rings. The minimum Gasteiger partial charge on any atom is -0.397 e. The maximum atomic E-state index is 12.0. The van der Waals surface area contributed by atoms with Gasteiger partial charge in [0.15, 0.2) is 0 Å². The van der Waals surface area contributed by atoms with Crippen LogP contribution >= 0.6 is 11.6 Å². The molecule has 114 valence electrons. The summed E-state index contributed by atoms with van der Waals surface area (Å²) in [4.78, 5) is 0.0909. The molecule has 0 heterocycles. The Labute approximate surface area is 123 Å². The Morgan fingerprint density at radius 3 is 2.70 bits per heavy atom. The van der Waals surface area contributed by atoms with Crippen LogP contribution < -0.4 is 10.5 Å². The number of sulfonamides is 1. The number of halogens is 1. The third-order valence-corrected chi connectivity index (χ3v) is 4.52. The van der Waals surface area contributed by atoms with Crippen molar-refractivity contribution in [3.8, 4) is 0 Å². The minimum absolute atomic E-state index is 0.0466. The summed E-state index contributed by atoms with van der Waals surface area (Å²) in [6, 6.07) is 2.81. The molecule has 1 rings (SSSR count). The molecule has 0 aromatic heterocycles. The van der Waals surface area contributed by atoms with Gasteiger partial charge in [-0.05, 0) is 31.0 Å². The summed E-state index contributed by atoms with van der Waals surface area (Å²) < 4.78 is 31.6. The summed E-state index contributed by atoms with van der Waals surface area (Å²) in [6.07, 6.45) is 0.515. The Kier molecular flexibility index (Phi) is 6.70. The maximum absolute atomic E-state index is 12.0. The van der Waals surface area contributed by atoms with Gasteiger partial charge in [0.05, 0.1) is 28.8 Å². The molecule has 6 nitrogen and oxygen atoms in total. The molecule has 0 saturated heterocycles. The first-order valence-electron chi connectivity index (χ1n) is 6.12. The standard InChI is InChI=1S/C12H19ClN2O4S/c1-9-7-10(8-11(14)12(9)13)20(17,18)15-3-2-5-19-6-4-16/h7-8,15-16H,2-6,14H2,1H3. The van der Waals surface area contributed by atoms with Gasteiger partial charge in [-0.1, -0.05) is 11.6 Å². The van der Waals surface area contributed by atoms with E-state index < -0.39 is 10.0 Å². The lowest BCUT2D eigenvalue weighted by atomic mass is 10.2. The van der Waals surface area contributed by atoms with Crippen molar-refractivity contribution in [2.24, 2.45) is 0 Å². The second-order valence-electron chi connectivity index (χ2n) is 4.23. The number of ether oxygens (including phenoxy) is 1. The van der Waals surface area contributed by atoms with Crippen LogP contribution in [0, 0.1) is 6.92 Å². The van der Waals surface area contributed by atoms with Crippen molar-refractivity contribution >= 4 is 27.3 Å². The number of nitrogens with one attached hydrogen (secondary N) is 1. The van der Waals surface area contributed by atoms with E-state index >= 15 is 0 Å². The largest absolute Gasteiger partial charge is 0.397 e. The summed E-state index contributed by atoms with van der Waals surface area (Å²) in [5.74, 6) is 0. The first kappa shape index (κ1) is 17.2. The summed E-state index contributed by atoms with van der Waals surface area (Å²) in [5, 5.41) is 8.88. The van der Waals surface area contributed by atoms with Crippen LogP contribution in [0.4, 0.5) is 5.69 Å². The van der Waals surface area contributed by atoms with Gasteiger partial charge >= 0.3 is 0 Å². The second-order valence-corrected chi connectivity index (χ2v) is 6.38. The lowest BCUT2D eigenvalue weighted by molar-refractivity contribution is 0.0913. The monoisotopic (exact) mass is 322 g/mol. The predicted octanol–water partition coefficient (Wildman–Crippen LogP) is 0.908. The number of hydrogen-bond acceptors (Lipinski definition) is 5. The van der Waals surface area contributed by atoms with Crippen molar-refractivity contribution in [1.29, 1.82) is 0 Å². The van der Waals surface area contributed by atoms with Crippen molar-refractivity contribution in [3.63, 3.8) is 0 Å². The molecule has 8 heteroatoms. The van der Waals surface area contributed by atoms with Gasteiger partial charge in [0.25, 0.3) is 0 Å². The number of aryl methyl sites for hydroxylation is 1. The number of nitrogens with two attached hydrogens (primary N) is 1. The molecule has 0 spiro atoms. The van der Waals surface area contributed by atoms with Gasteiger partial charge in [-0.25, -0.2) is 13.1 Å². The van der Waals surface area contributed by atoms with Crippen molar-refractivity contribution in [1.82, 2.24) is 4.72 Å². The fourth-order valence-corrected chi connectivity index (χ4v) is 2.85. The quantitative estimate of drug-likeness (QED) is 0.488. The molecule has 0 fully saturated rings. The highest BCUT2D eigenvalue weighted by molar-refractivity contribution is 7.89. The van der Waals surface area contributed by atoms with Gasteiger partial charge < -0.3 is 15.6 Å². The van der Waals surface area contributed by atoms with Crippen molar-refractivity contribution < 1.29 is 18.3 Å². The summed E-state index contributed by atoms with van der Waals surface area (Å²) >= 11 is 5.90. The first-order chi connectivity index (χ1) is 9.38. The van der Waals surface area contributed by atoms with E-state index in [9.17, 15) is 8.42 Å². The van der Waals surface area contributed by atoms with E-state index in [1.807, 2.05) is 0 Å². The van der Waals surface area contributed by atoms with E-state index in [1.54, 1.807) is 6.92 Å². The van der Waals surface area contributed by atoms with Crippen LogP contribution in [0.1, 0.15) is 12.0 Å². The molecule has 4 N–H and O–H groups in total. The zero-order valence-corrected chi connectivity index (χ0v) is 12.8. The summed E-state index contributed by atoms with van der Waals surface area (Å²) in [5.41, 5.74) is 6.50. The molecular formula is C12H19ClN2O4S. The zero-order valence-electron chi connectivity index (χ0n) is 11.2. The average molecular weight is 323 g/mol. The molecule has 0 radical (unpaired) electrons. The highest BCUT2D eigenvalue weighted by Gasteiger charge is 2.16.